The predicted molar refractivity (Wildman–Crippen MR) is 111 cm³/mol. The van der Waals surface area contributed by atoms with E-state index in [1.807, 2.05) is 10.8 Å². The van der Waals surface area contributed by atoms with Gasteiger partial charge in [0, 0.05) is 18.9 Å². The number of hydrogen-bond donors (Lipinski definition) is 1. The number of unbranched alkanes of at least 4 members (excludes halogenated alkanes) is 8. The maximum absolute atomic E-state index is 11.9. The highest BCUT2D eigenvalue weighted by Gasteiger charge is 2.32. The van der Waals surface area contributed by atoms with Gasteiger partial charge < -0.3 is 15.2 Å². The zero-order chi connectivity index (χ0) is 20.9. The lowest BCUT2D eigenvalue weighted by molar-refractivity contribution is -0.759. The first-order valence-electron chi connectivity index (χ1n) is 11.2. The summed E-state index contributed by atoms with van der Waals surface area (Å²) in [6.07, 6.45) is 16.5. The standard InChI is InChI=1S/C23H36N2O4/c1-2-3-4-5-6-7-8-9-10-13-22(26)28-18-20-14-15-21(29-20)25-16-11-12-19(17-25)23(24)27/h11-12,16-17,20-21H,2-10,13-15,18H2,1H3,(H-,24,27)/p+1. The maximum atomic E-state index is 11.9. The molecule has 6 nitrogen and oxygen atoms in total. The van der Waals surface area contributed by atoms with Crippen molar-refractivity contribution in [1.82, 2.24) is 0 Å². The van der Waals surface area contributed by atoms with Crippen molar-refractivity contribution in [3.63, 3.8) is 0 Å². The number of primary amides is 1. The molecule has 1 aliphatic heterocycles. The molecule has 0 aromatic carbocycles. The molecule has 162 valence electrons. The molecule has 0 radical (unpaired) electrons. The Hall–Kier alpha value is -1.95. The Balaban J connectivity index is 1.55. The molecule has 1 saturated heterocycles. The molecule has 1 aromatic heterocycles. The Labute approximate surface area is 174 Å². The van der Waals surface area contributed by atoms with E-state index in [2.05, 4.69) is 6.92 Å². The Morgan fingerprint density at radius 1 is 1.10 bits per heavy atom. The smallest absolute Gasteiger partial charge is 0.305 e. The summed E-state index contributed by atoms with van der Waals surface area (Å²) in [6.45, 7) is 2.53. The van der Waals surface area contributed by atoms with Crippen molar-refractivity contribution in [3.8, 4) is 0 Å². The molecule has 0 aliphatic carbocycles. The largest absolute Gasteiger partial charge is 0.463 e. The third-order valence-corrected chi connectivity index (χ3v) is 5.44. The van der Waals surface area contributed by atoms with Crippen LogP contribution in [0.3, 0.4) is 0 Å². The average molecular weight is 406 g/mol. The lowest BCUT2D eigenvalue weighted by Crippen LogP contribution is -2.40. The van der Waals surface area contributed by atoms with Crippen LogP contribution in [0.5, 0.6) is 0 Å². The number of pyridine rings is 1. The predicted octanol–water partition coefficient (Wildman–Crippen LogP) is 4.21. The molecule has 2 heterocycles. The number of carbonyl (C=O) groups excluding carboxylic acids is 2. The van der Waals surface area contributed by atoms with Gasteiger partial charge >= 0.3 is 5.97 Å². The van der Waals surface area contributed by atoms with E-state index in [0.717, 1.165) is 25.7 Å². The van der Waals surface area contributed by atoms with E-state index in [1.165, 1.54) is 44.9 Å². The highest BCUT2D eigenvalue weighted by atomic mass is 16.6. The molecule has 2 atom stereocenters. The summed E-state index contributed by atoms with van der Waals surface area (Å²) in [5, 5.41) is 0. The number of esters is 1. The molecule has 1 amide bonds. The van der Waals surface area contributed by atoms with Crippen LogP contribution in [0.4, 0.5) is 0 Å². The first-order valence-corrected chi connectivity index (χ1v) is 11.2. The molecule has 2 rings (SSSR count). The molecule has 1 aliphatic rings. The summed E-state index contributed by atoms with van der Waals surface area (Å²) in [6, 6.07) is 3.46. The number of aromatic nitrogens is 1. The van der Waals surface area contributed by atoms with Gasteiger partial charge in [0.2, 0.25) is 0 Å². The molecule has 2 unspecified atom stereocenters. The van der Waals surface area contributed by atoms with Gasteiger partial charge in [-0.2, -0.15) is 4.57 Å². The first kappa shape index (κ1) is 23.3. The molecule has 1 aromatic rings. The Kier molecular flexibility index (Phi) is 10.7. The fourth-order valence-corrected chi connectivity index (χ4v) is 3.68. The lowest BCUT2D eigenvalue weighted by atomic mass is 10.1. The van der Waals surface area contributed by atoms with Crippen molar-refractivity contribution in [2.24, 2.45) is 5.73 Å². The van der Waals surface area contributed by atoms with Crippen LogP contribution in [0.25, 0.3) is 0 Å². The molecule has 0 spiro atoms. The van der Waals surface area contributed by atoms with E-state index in [9.17, 15) is 9.59 Å². The number of ether oxygens (including phenoxy) is 2. The minimum absolute atomic E-state index is 0.100. The lowest BCUT2D eigenvalue weighted by Gasteiger charge is -2.11. The summed E-state index contributed by atoms with van der Waals surface area (Å²) >= 11 is 0. The van der Waals surface area contributed by atoms with E-state index in [1.54, 1.807) is 18.3 Å². The zero-order valence-corrected chi connectivity index (χ0v) is 17.8. The SMILES string of the molecule is CCCCCCCCCCCC(=O)OCC1CCC([n+]2cccc(C(N)=O)c2)O1. The van der Waals surface area contributed by atoms with Gasteiger partial charge in [0.25, 0.3) is 12.1 Å². The Bertz CT molecular complexity index is 635. The van der Waals surface area contributed by atoms with E-state index < -0.39 is 5.91 Å². The van der Waals surface area contributed by atoms with Crippen molar-refractivity contribution in [1.29, 1.82) is 0 Å². The van der Waals surface area contributed by atoms with Crippen molar-refractivity contribution in [2.45, 2.75) is 96.3 Å². The van der Waals surface area contributed by atoms with E-state index in [-0.39, 0.29) is 18.3 Å². The zero-order valence-electron chi connectivity index (χ0n) is 17.8. The van der Waals surface area contributed by atoms with E-state index in [4.69, 9.17) is 15.2 Å². The van der Waals surface area contributed by atoms with E-state index >= 15 is 0 Å². The van der Waals surface area contributed by atoms with Crippen LogP contribution in [0.1, 0.15) is 101 Å². The normalized spacial score (nSPS) is 18.7. The maximum Gasteiger partial charge on any atom is 0.305 e. The van der Waals surface area contributed by atoms with Crippen molar-refractivity contribution >= 4 is 11.9 Å². The molecular formula is C23H37N2O4+. The Morgan fingerprint density at radius 3 is 2.48 bits per heavy atom. The summed E-state index contributed by atoms with van der Waals surface area (Å²) < 4.78 is 13.2. The van der Waals surface area contributed by atoms with Crippen molar-refractivity contribution in [3.05, 3.63) is 30.1 Å². The molecule has 0 bridgehead atoms. The van der Waals surface area contributed by atoms with Crippen LogP contribution in [-0.4, -0.2) is 24.6 Å². The second kappa shape index (κ2) is 13.3. The fraction of sp³-hybridized carbons (Fsp3) is 0.696. The quantitative estimate of drug-likeness (QED) is 0.285. The van der Waals surface area contributed by atoms with Crippen LogP contribution >= 0.6 is 0 Å². The van der Waals surface area contributed by atoms with Crippen LogP contribution in [0.2, 0.25) is 0 Å². The highest BCUT2D eigenvalue weighted by Crippen LogP contribution is 2.24. The van der Waals surface area contributed by atoms with Gasteiger partial charge in [0.15, 0.2) is 12.4 Å². The van der Waals surface area contributed by atoms with Gasteiger partial charge in [-0.25, -0.2) is 0 Å². The van der Waals surface area contributed by atoms with Crippen LogP contribution in [0.15, 0.2) is 24.5 Å². The molecule has 6 heteroatoms. The number of nitrogens with two attached hydrogens (primary N) is 1. The average Bonchev–Trinajstić information content (AvgIpc) is 3.20. The number of nitrogens with zero attached hydrogens (tertiary/aromatic N) is 1. The van der Waals surface area contributed by atoms with Gasteiger partial charge in [-0.15, -0.1) is 0 Å². The fourth-order valence-electron chi connectivity index (χ4n) is 3.68. The van der Waals surface area contributed by atoms with Gasteiger partial charge in [-0.05, 0) is 18.9 Å². The van der Waals surface area contributed by atoms with Crippen LogP contribution in [0, 0.1) is 0 Å². The minimum atomic E-state index is -0.459. The topological polar surface area (TPSA) is 82.5 Å². The van der Waals surface area contributed by atoms with Gasteiger partial charge in [0.05, 0.1) is 6.10 Å². The molecule has 1 fully saturated rings. The van der Waals surface area contributed by atoms with Crippen molar-refractivity contribution < 1.29 is 23.6 Å². The van der Waals surface area contributed by atoms with E-state index in [0.29, 0.717) is 18.6 Å². The van der Waals surface area contributed by atoms with Crippen molar-refractivity contribution in [2.75, 3.05) is 6.61 Å². The number of carbonyl (C=O) groups is 2. The van der Waals surface area contributed by atoms with Gasteiger partial charge in [-0.1, -0.05) is 58.3 Å². The second-order valence-corrected chi connectivity index (χ2v) is 7.96. The molecule has 0 saturated carbocycles. The third kappa shape index (κ3) is 8.94. The van der Waals surface area contributed by atoms with Crippen LogP contribution in [-0.2, 0) is 14.3 Å². The summed E-state index contributed by atoms with van der Waals surface area (Å²) in [5.41, 5.74) is 5.78. The first-order chi connectivity index (χ1) is 14.1. The minimum Gasteiger partial charge on any atom is -0.463 e. The molecular weight excluding hydrogens is 368 g/mol. The molecule has 29 heavy (non-hydrogen) atoms. The second-order valence-electron chi connectivity index (χ2n) is 7.96. The Morgan fingerprint density at radius 2 is 1.79 bits per heavy atom. The number of rotatable bonds is 14. The van der Waals surface area contributed by atoms with Gasteiger partial charge in [-0.3, -0.25) is 9.59 Å². The monoisotopic (exact) mass is 405 g/mol. The summed E-state index contributed by atoms with van der Waals surface area (Å²) in [7, 11) is 0. The van der Waals surface area contributed by atoms with Crippen LogP contribution < -0.4 is 10.3 Å². The van der Waals surface area contributed by atoms with Gasteiger partial charge in [0.1, 0.15) is 12.2 Å². The molecule has 2 N–H and O–H groups in total. The highest BCUT2D eigenvalue weighted by molar-refractivity contribution is 5.92. The third-order valence-electron chi connectivity index (χ3n) is 5.44. The summed E-state index contributed by atoms with van der Waals surface area (Å²) in [4.78, 5) is 23.3. The summed E-state index contributed by atoms with van der Waals surface area (Å²) in [5.74, 6) is -0.595. The number of amides is 1. The number of hydrogen-bond acceptors (Lipinski definition) is 4.